The van der Waals surface area contributed by atoms with Crippen LogP contribution >= 0.6 is 15.9 Å². The number of nitrogens with zero attached hydrogens (tertiary/aromatic N) is 1. The molecule has 5 nitrogen and oxygen atoms in total. The molecule has 6 heteroatoms. The molecule has 3 aromatic rings. The number of furan rings is 1. The van der Waals surface area contributed by atoms with Gasteiger partial charge in [0.1, 0.15) is 5.76 Å². The molecule has 2 heterocycles. The van der Waals surface area contributed by atoms with Crippen molar-refractivity contribution in [1.29, 1.82) is 0 Å². The van der Waals surface area contributed by atoms with Crippen LogP contribution in [0.2, 0.25) is 0 Å². The van der Waals surface area contributed by atoms with E-state index in [1.807, 2.05) is 24.3 Å². The third-order valence-corrected chi connectivity index (χ3v) is 3.40. The Morgan fingerprint density at radius 2 is 2.05 bits per heavy atom. The number of rotatable bonds is 4. The fourth-order valence-corrected chi connectivity index (χ4v) is 2.07. The first kappa shape index (κ1) is 13.6. The van der Waals surface area contributed by atoms with Crippen LogP contribution in [-0.4, -0.2) is 11.1 Å². The van der Waals surface area contributed by atoms with Crippen LogP contribution in [0.1, 0.15) is 16.2 Å². The van der Waals surface area contributed by atoms with Crippen molar-refractivity contribution in [2.75, 3.05) is 0 Å². The van der Waals surface area contributed by atoms with Gasteiger partial charge in [-0.25, -0.2) is 0 Å². The van der Waals surface area contributed by atoms with Crippen LogP contribution in [-0.2, 0) is 6.54 Å². The van der Waals surface area contributed by atoms with E-state index in [1.54, 1.807) is 24.5 Å². The van der Waals surface area contributed by atoms with Gasteiger partial charge in [0.2, 0.25) is 0 Å². The lowest BCUT2D eigenvalue weighted by atomic mass is 10.1. The van der Waals surface area contributed by atoms with E-state index in [-0.39, 0.29) is 11.6 Å². The molecule has 0 saturated carbocycles. The molecule has 3 rings (SSSR count). The van der Waals surface area contributed by atoms with Crippen LogP contribution in [0, 0.1) is 0 Å². The largest absolute Gasteiger partial charge is 0.467 e. The molecule has 1 N–H and O–H groups in total. The van der Waals surface area contributed by atoms with Crippen molar-refractivity contribution in [2.24, 2.45) is 0 Å². The standard InChI is InChI=1S/C15H11BrN2O3/c16-11-5-3-10(4-6-11)14-8-13(18-21-14)15(19)17-9-12-2-1-7-20-12/h1-8H,9H2,(H,17,19). The van der Waals surface area contributed by atoms with Gasteiger partial charge in [0, 0.05) is 16.1 Å². The summed E-state index contributed by atoms with van der Waals surface area (Å²) in [7, 11) is 0. The van der Waals surface area contributed by atoms with Gasteiger partial charge in [-0.15, -0.1) is 0 Å². The van der Waals surface area contributed by atoms with Crippen molar-refractivity contribution >= 4 is 21.8 Å². The number of benzene rings is 1. The zero-order valence-electron chi connectivity index (χ0n) is 10.9. The smallest absolute Gasteiger partial charge is 0.273 e. The summed E-state index contributed by atoms with van der Waals surface area (Å²) < 4.78 is 11.3. The Labute approximate surface area is 129 Å². The first-order chi connectivity index (χ1) is 10.2. The molecule has 1 aromatic carbocycles. The summed E-state index contributed by atoms with van der Waals surface area (Å²) >= 11 is 3.37. The predicted octanol–water partition coefficient (Wildman–Crippen LogP) is 3.63. The first-order valence-electron chi connectivity index (χ1n) is 6.25. The average Bonchev–Trinajstić information content (AvgIpc) is 3.17. The highest BCUT2D eigenvalue weighted by Gasteiger charge is 2.13. The van der Waals surface area contributed by atoms with Gasteiger partial charge in [0.25, 0.3) is 5.91 Å². The second kappa shape index (κ2) is 5.97. The molecule has 0 atom stereocenters. The van der Waals surface area contributed by atoms with Gasteiger partial charge < -0.3 is 14.3 Å². The summed E-state index contributed by atoms with van der Waals surface area (Å²) in [6.45, 7) is 0.312. The monoisotopic (exact) mass is 346 g/mol. The van der Waals surface area contributed by atoms with Gasteiger partial charge in [-0.3, -0.25) is 4.79 Å². The molecule has 0 unspecified atom stereocenters. The fourth-order valence-electron chi connectivity index (χ4n) is 1.80. The van der Waals surface area contributed by atoms with Gasteiger partial charge in [-0.1, -0.05) is 33.2 Å². The molecule has 0 spiro atoms. The molecule has 0 fully saturated rings. The van der Waals surface area contributed by atoms with Crippen molar-refractivity contribution in [3.63, 3.8) is 0 Å². The van der Waals surface area contributed by atoms with Crippen LogP contribution in [0.5, 0.6) is 0 Å². The SMILES string of the molecule is O=C(NCc1ccco1)c1cc(-c2ccc(Br)cc2)on1. The lowest BCUT2D eigenvalue weighted by Crippen LogP contribution is -2.22. The van der Waals surface area contributed by atoms with Crippen LogP contribution in [0.25, 0.3) is 11.3 Å². The van der Waals surface area contributed by atoms with E-state index in [4.69, 9.17) is 8.94 Å². The number of nitrogens with one attached hydrogen (secondary N) is 1. The Hall–Kier alpha value is -2.34. The topological polar surface area (TPSA) is 68.3 Å². The summed E-state index contributed by atoms with van der Waals surface area (Å²) in [5, 5.41) is 6.50. The summed E-state index contributed by atoms with van der Waals surface area (Å²) in [6, 6.07) is 12.7. The minimum Gasteiger partial charge on any atom is -0.467 e. The fraction of sp³-hybridized carbons (Fsp3) is 0.0667. The number of hydrogen-bond donors (Lipinski definition) is 1. The highest BCUT2D eigenvalue weighted by Crippen LogP contribution is 2.22. The molecule has 0 aliphatic heterocycles. The van der Waals surface area contributed by atoms with E-state index < -0.39 is 0 Å². The van der Waals surface area contributed by atoms with Gasteiger partial charge in [-0.05, 0) is 24.3 Å². The molecular formula is C15H11BrN2O3. The molecule has 106 valence electrons. The number of halogens is 1. The molecule has 0 saturated heterocycles. The van der Waals surface area contributed by atoms with Crippen LogP contribution in [0.4, 0.5) is 0 Å². The van der Waals surface area contributed by atoms with Crippen LogP contribution in [0.15, 0.2) is 62.1 Å². The Kier molecular flexibility index (Phi) is 3.87. The Balaban J connectivity index is 1.69. The first-order valence-corrected chi connectivity index (χ1v) is 7.05. The molecule has 0 bridgehead atoms. The van der Waals surface area contributed by atoms with E-state index >= 15 is 0 Å². The van der Waals surface area contributed by atoms with Crippen molar-refractivity contribution in [3.8, 4) is 11.3 Å². The average molecular weight is 347 g/mol. The molecule has 1 amide bonds. The summed E-state index contributed by atoms with van der Waals surface area (Å²) in [5.74, 6) is 0.920. The van der Waals surface area contributed by atoms with Gasteiger partial charge in [0.05, 0.1) is 12.8 Å². The number of carbonyl (C=O) groups is 1. The quantitative estimate of drug-likeness (QED) is 0.783. The summed E-state index contributed by atoms with van der Waals surface area (Å²) in [6.07, 6.45) is 1.56. The van der Waals surface area contributed by atoms with Crippen LogP contribution in [0.3, 0.4) is 0 Å². The zero-order chi connectivity index (χ0) is 14.7. The summed E-state index contributed by atoms with van der Waals surface area (Å²) in [4.78, 5) is 12.0. The van der Waals surface area contributed by atoms with E-state index in [2.05, 4.69) is 26.4 Å². The predicted molar refractivity (Wildman–Crippen MR) is 79.5 cm³/mol. The van der Waals surface area contributed by atoms with Crippen LogP contribution < -0.4 is 5.32 Å². The minimum absolute atomic E-state index is 0.236. The molecule has 0 aliphatic carbocycles. The second-order valence-electron chi connectivity index (χ2n) is 4.35. The molecular weight excluding hydrogens is 336 g/mol. The second-order valence-corrected chi connectivity index (χ2v) is 5.26. The van der Waals surface area contributed by atoms with Gasteiger partial charge in [0.15, 0.2) is 11.5 Å². The molecule has 0 radical (unpaired) electrons. The maximum Gasteiger partial charge on any atom is 0.273 e. The lowest BCUT2D eigenvalue weighted by molar-refractivity contribution is 0.0939. The number of hydrogen-bond acceptors (Lipinski definition) is 4. The lowest BCUT2D eigenvalue weighted by Gasteiger charge is -1.98. The molecule has 0 aliphatic rings. The van der Waals surface area contributed by atoms with E-state index in [0.717, 1.165) is 10.0 Å². The molecule has 2 aromatic heterocycles. The third-order valence-electron chi connectivity index (χ3n) is 2.87. The maximum atomic E-state index is 12.0. The van der Waals surface area contributed by atoms with E-state index in [9.17, 15) is 4.79 Å². The van der Waals surface area contributed by atoms with Crippen molar-refractivity contribution < 1.29 is 13.7 Å². The Morgan fingerprint density at radius 3 is 2.76 bits per heavy atom. The summed E-state index contributed by atoms with van der Waals surface area (Å²) in [5.41, 5.74) is 1.09. The Bertz CT molecular complexity index is 733. The highest BCUT2D eigenvalue weighted by molar-refractivity contribution is 9.10. The van der Waals surface area contributed by atoms with E-state index in [0.29, 0.717) is 18.1 Å². The number of carbonyl (C=O) groups excluding carboxylic acids is 1. The minimum atomic E-state index is -0.307. The normalized spacial score (nSPS) is 10.5. The van der Waals surface area contributed by atoms with Crippen molar-refractivity contribution in [2.45, 2.75) is 6.54 Å². The van der Waals surface area contributed by atoms with Crippen molar-refractivity contribution in [1.82, 2.24) is 10.5 Å². The number of amides is 1. The van der Waals surface area contributed by atoms with Crippen molar-refractivity contribution in [3.05, 3.63) is 64.7 Å². The maximum absolute atomic E-state index is 12.0. The zero-order valence-corrected chi connectivity index (χ0v) is 12.5. The highest BCUT2D eigenvalue weighted by atomic mass is 79.9. The Morgan fingerprint density at radius 1 is 1.24 bits per heavy atom. The van der Waals surface area contributed by atoms with Gasteiger partial charge >= 0.3 is 0 Å². The third kappa shape index (κ3) is 3.22. The number of aromatic nitrogens is 1. The van der Waals surface area contributed by atoms with Gasteiger partial charge in [-0.2, -0.15) is 0 Å². The van der Waals surface area contributed by atoms with E-state index in [1.165, 1.54) is 0 Å². The molecule has 21 heavy (non-hydrogen) atoms.